The van der Waals surface area contributed by atoms with Gasteiger partial charge >= 0.3 is 12.1 Å². The summed E-state index contributed by atoms with van der Waals surface area (Å²) in [5, 5.41) is 14.7. The van der Waals surface area contributed by atoms with Crippen LogP contribution >= 0.6 is 0 Å². The molecule has 1 N–H and O–H groups in total. The van der Waals surface area contributed by atoms with E-state index in [0.717, 1.165) is 25.2 Å². The Morgan fingerprint density at radius 3 is 2.62 bits per heavy atom. The molecule has 1 saturated carbocycles. The molecule has 0 unspecified atom stereocenters. The van der Waals surface area contributed by atoms with Crippen molar-refractivity contribution in [3.05, 3.63) is 54.1 Å². The van der Waals surface area contributed by atoms with E-state index >= 15 is 0 Å². The van der Waals surface area contributed by atoms with Crippen LogP contribution in [0.5, 0.6) is 0 Å². The molecule has 0 radical (unpaired) electrons. The number of rotatable bonds is 5. The molecule has 0 spiro atoms. The fourth-order valence-electron chi connectivity index (χ4n) is 4.25. The molecule has 32 heavy (non-hydrogen) atoms. The molecule has 2 atom stereocenters. The van der Waals surface area contributed by atoms with Crippen LogP contribution in [0.3, 0.4) is 0 Å². The number of aromatic nitrogens is 3. The highest BCUT2D eigenvalue weighted by atomic mass is 19.4. The molecule has 172 valence electrons. The van der Waals surface area contributed by atoms with Crippen molar-refractivity contribution in [1.82, 2.24) is 20.1 Å². The van der Waals surface area contributed by atoms with Crippen LogP contribution in [-0.4, -0.2) is 62.9 Å². The summed E-state index contributed by atoms with van der Waals surface area (Å²) in [5.74, 6) is -2.18. The second-order valence-corrected chi connectivity index (χ2v) is 7.89. The Kier molecular flexibility index (Phi) is 7.39. The van der Waals surface area contributed by atoms with Crippen LogP contribution in [0.1, 0.15) is 35.3 Å². The summed E-state index contributed by atoms with van der Waals surface area (Å²) in [6, 6.07) is 7.59. The molecule has 2 fully saturated rings. The molecule has 2 aliphatic rings. The summed E-state index contributed by atoms with van der Waals surface area (Å²) in [7, 11) is 0. The summed E-state index contributed by atoms with van der Waals surface area (Å²) in [5.41, 5.74) is 1.65. The van der Waals surface area contributed by atoms with Crippen LogP contribution in [0.25, 0.3) is 0 Å². The fourth-order valence-corrected chi connectivity index (χ4v) is 4.25. The van der Waals surface area contributed by atoms with Gasteiger partial charge in [-0.15, -0.1) is 0 Å². The van der Waals surface area contributed by atoms with Crippen LogP contribution < -0.4 is 0 Å². The van der Waals surface area contributed by atoms with Crippen LogP contribution in [-0.2, 0) is 16.1 Å². The molecule has 1 amide bonds. The maximum absolute atomic E-state index is 12.7. The zero-order valence-electron chi connectivity index (χ0n) is 17.2. The highest BCUT2D eigenvalue weighted by molar-refractivity contribution is 5.94. The first kappa shape index (κ1) is 23.6. The minimum absolute atomic E-state index is 0.0494. The third-order valence-electron chi connectivity index (χ3n) is 5.77. The number of carbonyl (C=O) groups excluding carboxylic acids is 1. The summed E-state index contributed by atoms with van der Waals surface area (Å²) in [6.45, 7) is 2.79. The molecule has 4 rings (SSSR count). The lowest BCUT2D eigenvalue weighted by atomic mass is 9.81. The predicted octanol–water partition coefficient (Wildman–Crippen LogP) is 2.96. The number of carbonyl (C=O) groups is 2. The average molecular weight is 452 g/mol. The normalized spacial score (nSPS) is 22.1. The first-order valence-corrected chi connectivity index (χ1v) is 10.0. The fraction of sp³-hybridized carbons (Fsp3) is 0.476. The number of ether oxygens (including phenoxy) is 1. The van der Waals surface area contributed by atoms with Crippen molar-refractivity contribution < 1.29 is 32.6 Å². The smallest absolute Gasteiger partial charge is 0.475 e. The first-order chi connectivity index (χ1) is 15.2. The average Bonchev–Trinajstić information content (AvgIpc) is 3.32. The molecule has 0 bridgehead atoms. The summed E-state index contributed by atoms with van der Waals surface area (Å²) >= 11 is 0. The van der Waals surface area contributed by atoms with E-state index in [-0.39, 0.29) is 11.3 Å². The first-order valence-electron chi connectivity index (χ1n) is 10.0. The summed E-state index contributed by atoms with van der Waals surface area (Å²) in [6.07, 6.45) is 3.32. The van der Waals surface area contributed by atoms with E-state index in [1.165, 1.54) is 12.8 Å². The van der Waals surface area contributed by atoms with Crippen LogP contribution in [0.2, 0.25) is 0 Å². The van der Waals surface area contributed by atoms with Crippen molar-refractivity contribution in [3.8, 4) is 0 Å². The Morgan fingerprint density at radius 1 is 1.22 bits per heavy atom. The van der Waals surface area contributed by atoms with Gasteiger partial charge < -0.3 is 14.7 Å². The van der Waals surface area contributed by atoms with E-state index in [1.54, 1.807) is 24.7 Å². The van der Waals surface area contributed by atoms with Crippen LogP contribution in [0, 0.1) is 11.3 Å². The Hall–Kier alpha value is -3.08. The van der Waals surface area contributed by atoms with Crippen molar-refractivity contribution in [2.45, 2.75) is 32.0 Å². The van der Waals surface area contributed by atoms with E-state index in [4.69, 9.17) is 14.6 Å². The zero-order valence-corrected chi connectivity index (χ0v) is 17.2. The van der Waals surface area contributed by atoms with Gasteiger partial charge in [-0.1, -0.05) is 12.5 Å². The van der Waals surface area contributed by atoms with Gasteiger partial charge in [0.1, 0.15) is 0 Å². The van der Waals surface area contributed by atoms with E-state index in [9.17, 15) is 18.0 Å². The molecule has 1 aliphatic heterocycles. The molecular weight excluding hydrogens is 429 g/mol. The largest absolute Gasteiger partial charge is 0.490 e. The highest BCUT2D eigenvalue weighted by Gasteiger charge is 2.50. The predicted molar refractivity (Wildman–Crippen MR) is 105 cm³/mol. The number of nitrogens with zero attached hydrogens (tertiary/aromatic N) is 4. The number of hydrogen-bond acceptors (Lipinski definition) is 6. The molecule has 2 aromatic heterocycles. The molecule has 2 aromatic rings. The van der Waals surface area contributed by atoms with Gasteiger partial charge in [0.2, 0.25) is 0 Å². The minimum atomic E-state index is -5.08. The summed E-state index contributed by atoms with van der Waals surface area (Å²) < 4.78 is 37.8. The standard InChI is InChI=1S/C19H22N4O2.C2HF3O2/c24-18(15-6-9-21-22-10-15)23-11-16-4-3-7-19(16,13-23)14-25-12-17-5-1-2-8-20-17;3-2(4,5)1(6)7/h1-2,5-6,8-10,16H,3-4,7,11-14H2;(H,6,7)/t16-,19+;/m1./s1. The third kappa shape index (κ3) is 5.78. The number of halogens is 3. The van der Waals surface area contributed by atoms with Crippen molar-refractivity contribution in [3.63, 3.8) is 0 Å². The van der Waals surface area contributed by atoms with Gasteiger partial charge in [0.25, 0.3) is 5.91 Å². The molecule has 1 aliphatic carbocycles. The topological polar surface area (TPSA) is 106 Å². The monoisotopic (exact) mass is 452 g/mol. The summed E-state index contributed by atoms with van der Waals surface area (Å²) in [4.78, 5) is 27.9. The van der Waals surface area contributed by atoms with Gasteiger partial charge in [-0.05, 0) is 37.0 Å². The van der Waals surface area contributed by atoms with Crippen molar-refractivity contribution in [2.75, 3.05) is 19.7 Å². The molecule has 3 heterocycles. The van der Waals surface area contributed by atoms with E-state index in [2.05, 4.69) is 15.2 Å². The van der Waals surface area contributed by atoms with E-state index in [0.29, 0.717) is 24.7 Å². The van der Waals surface area contributed by atoms with Gasteiger partial charge in [-0.25, -0.2) is 4.79 Å². The lowest BCUT2D eigenvalue weighted by molar-refractivity contribution is -0.192. The van der Waals surface area contributed by atoms with Crippen molar-refractivity contribution in [1.29, 1.82) is 0 Å². The second-order valence-electron chi connectivity index (χ2n) is 7.89. The number of aliphatic carboxylic acids is 1. The Labute approximate surface area is 182 Å². The SMILES string of the molecule is O=C(O)C(F)(F)F.O=C(c1ccnnc1)N1C[C@H]2CCC[C@@]2(COCc2ccccn2)C1. The molecule has 11 heteroatoms. The molecule has 0 aromatic carbocycles. The minimum Gasteiger partial charge on any atom is -0.475 e. The quantitative estimate of drug-likeness (QED) is 0.744. The number of likely N-dealkylation sites (tertiary alicyclic amines) is 1. The van der Waals surface area contributed by atoms with Crippen LogP contribution in [0.15, 0.2) is 42.9 Å². The van der Waals surface area contributed by atoms with E-state index < -0.39 is 12.1 Å². The highest BCUT2D eigenvalue weighted by Crippen LogP contribution is 2.49. The molecular formula is C21H23F3N4O4. The zero-order chi connectivity index (χ0) is 23.2. The molecule has 8 nitrogen and oxygen atoms in total. The lowest BCUT2D eigenvalue weighted by Gasteiger charge is -2.28. The number of amides is 1. The number of hydrogen-bond donors (Lipinski definition) is 1. The molecule has 1 saturated heterocycles. The number of carboxylic acids is 1. The van der Waals surface area contributed by atoms with Gasteiger partial charge in [-0.2, -0.15) is 23.4 Å². The van der Waals surface area contributed by atoms with Gasteiger partial charge in [-0.3, -0.25) is 9.78 Å². The lowest BCUT2D eigenvalue weighted by Crippen LogP contribution is -2.34. The van der Waals surface area contributed by atoms with Gasteiger partial charge in [0.05, 0.1) is 36.9 Å². The van der Waals surface area contributed by atoms with Crippen molar-refractivity contribution in [2.24, 2.45) is 11.3 Å². The van der Waals surface area contributed by atoms with E-state index in [1.807, 2.05) is 23.1 Å². The second kappa shape index (κ2) is 10.0. The Morgan fingerprint density at radius 2 is 2.00 bits per heavy atom. The Bertz CT molecular complexity index is 914. The number of carboxylic acid groups (broad SMARTS) is 1. The van der Waals surface area contributed by atoms with Gasteiger partial charge in [0, 0.05) is 24.7 Å². The van der Waals surface area contributed by atoms with Crippen molar-refractivity contribution >= 4 is 11.9 Å². The number of pyridine rings is 1. The maximum Gasteiger partial charge on any atom is 0.490 e. The number of fused-ring (bicyclic) bond motifs is 1. The third-order valence-corrected chi connectivity index (χ3v) is 5.77. The van der Waals surface area contributed by atoms with Gasteiger partial charge in [0.15, 0.2) is 0 Å². The van der Waals surface area contributed by atoms with Crippen LogP contribution in [0.4, 0.5) is 13.2 Å². The maximum atomic E-state index is 12.7. The number of alkyl halides is 3. The Balaban J connectivity index is 0.000000360.